The van der Waals surface area contributed by atoms with Gasteiger partial charge in [0.15, 0.2) is 6.29 Å². The van der Waals surface area contributed by atoms with Crippen LogP contribution in [0.25, 0.3) is 5.69 Å². The summed E-state index contributed by atoms with van der Waals surface area (Å²) in [4.78, 5) is 11.0. The van der Waals surface area contributed by atoms with Crippen molar-refractivity contribution in [3.05, 3.63) is 35.7 Å². The van der Waals surface area contributed by atoms with Gasteiger partial charge >= 0.3 is 0 Å². The highest BCUT2D eigenvalue weighted by molar-refractivity contribution is 5.74. The minimum Gasteiger partial charge on any atom is -0.508 e. The SMILES string of the molecule is CCc1nnn(-c2ccc(O)cc2)c1C=O. The van der Waals surface area contributed by atoms with E-state index in [2.05, 4.69) is 10.3 Å². The fourth-order valence-corrected chi connectivity index (χ4v) is 1.47. The minimum absolute atomic E-state index is 0.173. The summed E-state index contributed by atoms with van der Waals surface area (Å²) in [6.07, 6.45) is 1.40. The first kappa shape index (κ1) is 10.4. The Balaban J connectivity index is 2.51. The van der Waals surface area contributed by atoms with Gasteiger partial charge in [-0.2, -0.15) is 0 Å². The Kier molecular flexibility index (Phi) is 2.68. The standard InChI is InChI=1S/C11H11N3O2/c1-2-10-11(7-15)14(13-12-10)8-3-5-9(16)6-4-8/h3-7,16H,2H2,1H3. The lowest BCUT2D eigenvalue weighted by molar-refractivity contribution is 0.111. The summed E-state index contributed by atoms with van der Waals surface area (Å²) in [6, 6.07) is 6.43. The monoisotopic (exact) mass is 217 g/mol. The van der Waals surface area contributed by atoms with Gasteiger partial charge in [0, 0.05) is 0 Å². The number of hydrogen-bond donors (Lipinski definition) is 1. The summed E-state index contributed by atoms with van der Waals surface area (Å²) in [7, 11) is 0. The summed E-state index contributed by atoms with van der Waals surface area (Å²) in [5.74, 6) is 0.173. The van der Waals surface area contributed by atoms with Crippen LogP contribution in [0.15, 0.2) is 24.3 Å². The summed E-state index contributed by atoms with van der Waals surface area (Å²) >= 11 is 0. The molecular formula is C11H11N3O2. The molecule has 0 aliphatic heterocycles. The van der Waals surface area contributed by atoms with Crippen molar-refractivity contribution in [3.8, 4) is 11.4 Å². The second-order valence-electron chi connectivity index (χ2n) is 3.32. The number of carbonyl (C=O) groups excluding carboxylic acids is 1. The number of rotatable bonds is 3. The van der Waals surface area contributed by atoms with Gasteiger partial charge in [0.2, 0.25) is 0 Å². The van der Waals surface area contributed by atoms with Crippen LogP contribution in [-0.4, -0.2) is 26.4 Å². The average Bonchev–Trinajstić information content (AvgIpc) is 2.72. The third-order valence-corrected chi connectivity index (χ3v) is 2.32. The number of hydrogen-bond acceptors (Lipinski definition) is 4. The van der Waals surface area contributed by atoms with Crippen molar-refractivity contribution in [2.75, 3.05) is 0 Å². The maximum Gasteiger partial charge on any atom is 0.170 e. The van der Waals surface area contributed by atoms with Gasteiger partial charge in [-0.1, -0.05) is 12.1 Å². The Morgan fingerprint density at radius 1 is 1.38 bits per heavy atom. The zero-order valence-electron chi connectivity index (χ0n) is 8.79. The van der Waals surface area contributed by atoms with E-state index in [4.69, 9.17) is 5.11 Å². The van der Waals surface area contributed by atoms with E-state index in [1.165, 1.54) is 16.8 Å². The first-order valence-electron chi connectivity index (χ1n) is 4.95. The van der Waals surface area contributed by atoms with Crippen molar-refractivity contribution >= 4 is 6.29 Å². The fourth-order valence-electron chi connectivity index (χ4n) is 1.47. The molecule has 1 aromatic heterocycles. The highest BCUT2D eigenvalue weighted by Crippen LogP contribution is 2.15. The fraction of sp³-hybridized carbons (Fsp3) is 0.182. The summed E-state index contributed by atoms with van der Waals surface area (Å²) in [5.41, 5.74) is 1.82. The van der Waals surface area contributed by atoms with Crippen LogP contribution in [-0.2, 0) is 6.42 Å². The molecule has 16 heavy (non-hydrogen) atoms. The summed E-state index contributed by atoms with van der Waals surface area (Å²) in [5, 5.41) is 17.0. The number of aryl methyl sites for hydroxylation is 1. The van der Waals surface area contributed by atoms with E-state index in [1.807, 2.05) is 6.92 Å². The molecule has 0 fully saturated rings. The highest BCUT2D eigenvalue weighted by atomic mass is 16.3. The van der Waals surface area contributed by atoms with Crippen LogP contribution in [0.2, 0.25) is 0 Å². The second-order valence-corrected chi connectivity index (χ2v) is 3.32. The van der Waals surface area contributed by atoms with Crippen LogP contribution in [0.1, 0.15) is 23.1 Å². The molecule has 2 rings (SSSR count). The van der Waals surface area contributed by atoms with Crippen molar-refractivity contribution in [1.82, 2.24) is 15.0 Å². The van der Waals surface area contributed by atoms with E-state index >= 15 is 0 Å². The van der Waals surface area contributed by atoms with Crippen LogP contribution in [0.3, 0.4) is 0 Å². The molecule has 0 unspecified atom stereocenters. The molecule has 5 nitrogen and oxygen atoms in total. The van der Waals surface area contributed by atoms with Gasteiger partial charge in [0.05, 0.1) is 11.4 Å². The van der Waals surface area contributed by atoms with Gasteiger partial charge in [0.1, 0.15) is 11.4 Å². The smallest absolute Gasteiger partial charge is 0.170 e. The van der Waals surface area contributed by atoms with Crippen molar-refractivity contribution in [1.29, 1.82) is 0 Å². The van der Waals surface area contributed by atoms with Gasteiger partial charge in [-0.05, 0) is 30.7 Å². The lowest BCUT2D eigenvalue weighted by Crippen LogP contribution is -2.02. The van der Waals surface area contributed by atoms with Gasteiger partial charge in [-0.15, -0.1) is 5.10 Å². The first-order chi connectivity index (χ1) is 7.76. The van der Waals surface area contributed by atoms with Crippen molar-refractivity contribution < 1.29 is 9.90 Å². The van der Waals surface area contributed by atoms with Crippen LogP contribution < -0.4 is 0 Å². The molecule has 0 saturated heterocycles. The van der Waals surface area contributed by atoms with Crippen molar-refractivity contribution in [3.63, 3.8) is 0 Å². The number of phenols is 1. The van der Waals surface area contributed by atoms with E-state index in [0.717, 1.165) is 6.29 Å². The molecular weight excluding hydrogens is 206 g/mol. The third kappa shape index (κ3) is 1.67. The molecule has 1 aromatic carbocycles. The Labute approximate surface area is 92.3 Å². The van der Waals surface area contributed by atoms with Crippen molar-refractivity contribution in [2.24, 2.45) is 0 Å². The largest absolute Gasteiger partial charge is 0.508 e. The van der Waals surface area contributed by atoms with Crippen LogP contribution in [0.5, 0.6) is 5.75 Å². The Morgan fingerprint density at radius 3 is 2.62 bits per heavy atom. The van der Waals surface area contributed by atoms with E-state index in [1.54, 1.807) is 12.1 Å². The molecule has 0 bridgehead atoms. The van der Waals surface area contributed by atoms with E-state index in [-0.39, 0.29) is 5.75 Å². The predicted octanol–water partition coefficient (Wildman–Crippen LogP) is 1.35. The molecule has 82 valence electrons. The maximum atomic E-state index is 11.0. The van der Waals surface area contributed by atoms with Crippen LogP contribution in [0.4, 0.5) is 0 Å². The summed E-state index contributed by atoms with van der Waals surface area (Å²) < 4.78 is 1.46. The zero-order valence-corrected chi connectivity index (χ0v) is 8.79. The number of aldehydes is 1. The molecule has 0 saturated carbocycles. The Hall–Kier alpha value is -2.17. The quantitative estimate of drug-likeness (QED) is 0.788. The summed E-state index contributed by atoms with van der Waals surface area (Å²) in [6.45, 7) is 1.91. The number of aromatic nitrogens is 3. The van der Waals surface area contributed by atoms with Crippen LogP contribution >= 0.6 is 0 Å². The van der Waals surface area contributed by atoms with Gasteiger partial charge in [-0.3, -0.25) is 4.79 Å². The van der Waals surface area contributed by atoms with Gasteiger partial charge in [0.25, 0.3) is 0 Å². The lowest BCUT2D eigenvalue weighted by atomic mass is 10.2. The molecule has 2 aromatic rings. The highest BCUT2D eigenvalue weighted by Gasteiger charge is 2.11. The zero-order chi connectivity index (χ0) is 11.5. The van der Waals surface area contributed by atoms with E-state index in [9.17, 15) is 4.79 Å². The molecule has 0 radical (unpaired) electrons. The average molecular weight is 217 g/mol. The molecule has 5 heteroatoms. The lowest BCUT2D eigenvalue weighted by Gasteiger charge is -2.02. The number of nitrogens with zero attached hydrogens (tertiary/aromatic N) is 3. The topological polar surface area (TPSA) is 68.0 Å². The number of phenolic OH excluding ortho intramolecular Hbond substituents is 1. The number of benzene rings is 1. The predicted molar refractivity (Wildman–Crippen MR) is 57.8 cm³/mol. The van der Waals surface area contributed by atoms with E-state index in [0.29, 0.717) is 23.5 Å². The third-order valence-electron chi connectivity index (χ3n) is 2.32. The van der Waals surface area contributed by atoms with Gasteiger partial charge < -0.3 is 5.11 Å². The van der Waals surface area contributed by atoms with Crippen LogP contribution in [0, 0.1) is 0 Å². The minimum atomic E-state index is 0.173. The molecule has 0 atom stereocenters. The molecule has 0 amide bonds. The first-order valence-corrected chi connectivity index (χ1v) is 4.95. The Morgan fingerprint density at radius 2 is 2.06 bits per heavy atom. The normalized spacial score (nSPS) is 10.3. The molecule has 0 spiro atoms. The molecule has 0 aliphatic carbocycles. The number of carbonyl (C=O) groups is 1. The van der Waals surface area contributed by atoms with Gasteiger partial charge in [-0.25, -0.2) is 4.68 Å². The molecule has 1 heterocycles. The van der Waals surface area contributed by atoms with E-state index < -0.39 is 0 Å². The second kappa shape index (κ2) is 4.14. The molecule has 1 N–H and O–H groups in total. The van der Waals surface area contributed by atoms with Crippen molar-refractivity contribution in [2.45, 2.75) is 13.3 Å². The number of aromatic hydroxyl groups is 1. The maximum absolute atomic E-state index is 11.0. The molecule has 0 aliphatic rings. The Bertz CT molecular complexity index is 502.